The van der Waals surface area contributed by atoms with Crippen LogP contribution in [0.4, 0.5) is 0 Å². The minimum absolute atomic E-state index is 0.185. The summed E-state index contributed by atoms with van der Waals surface area (Å²) in [4.78, 5) is 25.5. The third kappa shape index (κ3) is 3.98. The molecule has 1 heterocycles. The highest BCUT2D eigenvalue weighted by Crippen LogP contribution is 2.15. The van der Waals surface area contributed by atoms with E-state index in [9.17, 15) is 9.59 Å². The molecular weight excluding hydrogens is 376 g/mol. The van der Waals surface area contributed by atoms with E-state index in [1.54, 1.807) is 30.5 Å². The van der Waals surface area contributed by atoms with Crippen molar-refractivity contribution in [2.24, 2.45) is 5.10 Å². The molecule has 0 atom stereocenters. The average Bonchev–Trinajstić information content (AvgIpc) is 2.78. The SMILES string of the molecule is CCCCn1nc(C(=O)N/N=C/c2ccc3ccccc3c2)c2ccccc2c1=O. The molecule has 4 aromatic rings. The maximum absolute atomic E-state index is 12.8. The van der Waals surface area contributed by atoms with E-state index in [0.717, 1.165) is 29.2 Å². The molecule has 0 aliphatic rings. The Morgan fingerprint density at radius 1 is 1.03 bits per heavy atom. The zero-order valence-corrected chi connectivity index (χ0v) is 16.7. The van der Waals surface area contributed by atoms with Gasteiger partial charge in [0.2, 0.25) is 0 Å². The number of fused-ring (bicyclic) bond motifs is 2. The van der Waals surface area contributed by atoms with Crippen LogP contribution >= 0.6 is 0 Å². The first-order chi connectivity index (χ1) is 14.7. The van der Waals surface area contributed by atoms with Gasteiger partial charge in [0.05, 0.1) is 11.6 Å². The first-order valence-corrected chi connectivity index (χ1v) is 9.99. The number of carbonyl (C=O) groups excluding carboxylic acids is 1. The zero-order chi connectivity index (χ0) is 20.9. The standard InChI is InChI=1S/C24H22N4O2/c1-2-3-14-28-24(30)21-11-7-6-10-20(21)22(27-28)23(29)26-25-16-17-12-13-18-8-4-5-9-19(18)15-17/h4-13,15-16H,2-3,14H2,1H3,(H,26,29)/b25-16+. The van der Waals surface area contributed by atoms with E-state index in [4.69, 9.17) is 0 Å². The first kappa shape index (κ1) is 19.5. The lowest BCUT2D eigenvalue weighted by Gasteiger charge is -2.09. The molecule has 3 aromatic carbocycles. The maximum Gasteiger partial charge on any atom is 0.292 e. The van der Waals surface area contributed by atoms with Crippen molar-refractivity contribution in [2.45, 2.75) is 26.3 Å². The summed E-state index contributed by atoms with van der Waals surface area (Å²) in [5, 5.41) is 11.7. The quantitative estimate of drug-likeness (QED) is 0.392. The van der Waals surface area contributed by atoms with Gasteiger partial charge in [0.15, 0.2) is 5.69 Å². The number of hydrogen-bond donors (Lipinski definition) is 1. The summed E-state index contributed by atoms with van der Waals surface area (Å²) >= 11 is 0. The predicted molar refractivity (Wildman–Crippen MR) is 120 cm³/mol. The molecule has 0 fully saturated rings. The lowest BCUT2D eigenvalue weighted by atomic mass is 10.1. The number of aryl methyl sites for hydroxylation is 1. The van der Waals surface area contributed by atoms with Gasteiger partial charge in [-0.05, 0) is 34.9 Å². The Hall–Kier alpha value is -3.80. The van der Waals surface area contributed by atoms with E-state index in [1.165, 1.54) is 4.68 Å². The minimum Gasteiger partial charge on any atom is -0.267 e. The predicted octanol–water partition coefficient (Wildman–Crippen LogP) is 4.11. The van der Waals surface area contributed by atoms with Gasteiger partial charge >= 0.3 is 0 Å². The Morgan fingerprint density at radius 2 is 1.77 bits per heavy atom. The largest absolute Gasteiger partial charge is 0.292 e. The molecule has 0 saturated heterocycles. The molecular formula is C24H22N4O2. The summed E-state index contributed by atoms with van der Waals surface area (Å²) in [6.45, 7) is 2.52. The molecule has 1 N–H and O–H groups in total. The fourth-order valence-electron chi connectivity index (χ4n) is 3.37. The number of aromatic nitrogens is 2. The number of nitrogens with one attached hydrogen (secondary N) is 1. The van der Waals surface area contributed by atoms with Crippen LogP contribution in [0.2, 0.25) is 0 Å². The molecule has 30 heavy (non-hydrogen) atoms. The minimum atomic E-state index is -0.450. The van der Waals surface area contributed by atoms with Gasteiger partial charge in [-0.2, -0.15) is 10.2 Å². The highest BCUT2D eigenvalue weighted by molar-refractivity contribution is 6.05. The topological polar surface area (TPSA) is 76.3 Å². The van der Waals surface area contributed by atoms with Crippen molar-refractivity contribution < 1.29 is 4.79 Å². The Labute approximate surface area is 173 Å². The van der Waals surface area contributed by atoms with Crippen LogP contribution < -0.4 is 11.0 Å². The number of unbranched alkanes of at least 4 members (excludes halogenated alkanes) is 1. The maximum atomic E-state index is 12.8. The van der Waals surface area contributed by atoms with Crippen molar-refractivity contribution in [1.82, 2.24) is 15.2 Å². The molecule has 0 radical (unpaired) electrons. The van der Waals surface area contributed by atoms with Crippen LogP contribution in [0.5, 0.6) is 0 Å². The molecule has 0 unspecified atom stereocenters. The molecule has 0 aliphatic carbocycles. The summed E-state index contributed by atoms with van der Waals surface area (Å²) < 4.78 is 1.37. The van der Waals surface area contributed by atoms with Crippen molar-refractivity contribution >= 4 is 33.7 Å². The van der Waals surface area contributed by atoms with Crippen molar-refractivity contribution in [3.8, 4) is 0 Å². The molecule has 0 spiro atoms. The molecule has 150 valence electrons. The smallest absolute Gasteiger partial charge is 0.267 e. The van der Waals surface area contributed by atoms with Gasteiger partial charge in [0.1, 0.15) is 0 Å². The van der Waals surface area contributed by atoms with E-state index < -0.39 is 5.91 Å². The highest BCUT2D eigenvalue weighted by Gasteiger charge is 2.16. The van der Waals surface area contributed by atoms with Gasteiger partial charge in [-0.3, -0.25) is 9.59 Å². The molecule has 0 aliphatic heterocycles. The van der Waals surface area contributed by atoms with Gasteiger partial charge in [-0.25, -0.2) is 10.1 Å². The van der Waals surface area contributed by atoms with Crippen LogP contribution in [0.15, 0.2) is 76.6 Å². The van der Waals surface area contributed by atoms with Crippen LogP contribution in [-0.2, 0) is 6.54 Å². The number of hydrazone groups is 1. The van der Waals surface area contributed by atoms with Crippen LogP contribution in [0.1, 0.15) is 35.8 Å². The third-order valence-electron chi connectivity index (χ3n) is 4.96. The second kappa shape index (κ2) is 8.69. The van der Waals surface area contributed by atoms with Gasteiger partial charge in [-0.15, -0.1) is 0 Å². The van der Waals surface area contributed by atoms with Crippen molar-refractivity contribution in [1.29, 1.82) is 0 Å². The lowest BCUT2D eigenvalue weighted by Crippen LogP contribution is -2.29. The highest BCUT2D eigenvalue weighted by atomic mass is 16.2. The van der Waals surface area contributed by atoms with E-state index in [2.05, 4.69) is 15.6 Å². The number of amides is 1. The van der Waals surface area contributed by atoms with Gasteiger partial charge in [-0.1, -0.05) is 67.9 Å². The molecule has 6 nitrogen and oxygen atoms in total. The Kier molecular flexibility index (Phi) is 5.66. The zero-order valence-electron chi connectivity index (χ0n) is 16.7. The fraction of sp³-hybridized carbons (Fsp3) is 0.167. The Balaban J connectivity index is 1.61. The fourth-order valence-corrected chi connectivity index (χ4v) is 3.37. The first-order valence-electron chi connectivity index (χ1n) is 9.99. The van der Waals surface area contributed by atoms with Gasteiger partial charge in [0.25, 0.3) is 11.5 Å². The molecule has 1 aromatic heterocycles. The number of nitrogens with zero attached hydrogens (tertiary/aromatic N) is 3. The lowest BCUT2D eigenvalue weighted by molar-refractivity contribution is 0.0949. The van der Waals surface area contributed by atoms with Gasteiger partial charge in [0, 0.05) is 11.9 Å². The number of carbonyl (C=O) groups is 1. The van der Waals surface area contributed by atoms with E-state index in [0.29, 0.717) is 17.3 Å². The van der Waals surface area contributed by atoms with Crippen LogP contribution in [0, 0.1) is 0 Å². The monoisotopic (exact) mass is 398 g/mol. The second-order valence-corrected chi connectivity index (χ2v) is 7.08. The average molecular weight is 398 g/mol. The van der Waals surface area contributed by atoms with Crippen molar-refractivity contribution in [3.05, 3.63) is 88.3 Å². The molecule has 1 amide bonds. The number of rotatable bonds is 6. The Bertz CT molecular complexity index is 1310. The summed E-state index contributed by atoms with van der Waals surface area (Å²) in [5.74, 6) is -0.450. The number of benzene rings is 3. The summed E-state index contributed by atoms with van der Waals surface area (Å²) in [5.41, 5.74) is 3.42. The third-order valence-corrected chi connectivity index (χ3v) is 4.96. The van der Waals surface area contributed by atoms with Crippen LogP contribution in [-0.4, -0.2) is 21.9 Å². The number of hydrogen-bond acceptors (Lipinski definition) is 4. The van der Waals surface area contributed by atoms with Crippen LogP contribution in [0.25, 0.3) is 21.5 Å². The van der Waals surface area contributed by atoms with E-state index in [-0.39, 0.29) is 11.3 Å². The summed E-state index contributed by atoms with van der Waals surface area (Å²) in [6.07, 6.45) is 3.34. The van der Waals surface area contributed by atoms with Crippen molar-refractivity contribution in [2.75, 3.05) is 0 Å². The summed E-state index contributed by atoms with van der Waals surface area (Å²) in [6, 6.07) is 21.0. The molecule has 6 heteroatoms. The molecule has 4 rings (SSSR count). The summed E-state index contributed by atoms with van der Waals surface area (Å²) in [7, 11) is 0. The molecule has 0 bridgehead atoms. The Morgan fingerprint density at radius 3 is 2.57 bits per heavy atom. The normalized spacial score (nSPS) is 11.4. The second-order valence-electron chi connectivity index (χ2n) is 7.08. The van der Waals surface area contributed by atoms with E-state index in [1.807, 2.05) is 49.4 Å². The van der Waals surface area contributed by atoms with Crippen molar-refractivity contribution in [3.63, 3.8) is 0 Å². The van der Waals surface area contributed by atoms with Crippen LogP contribution in [0.3, 0.4) is 0 Å². The van der Waals surface area contributed by atoms with E-state index >= 15 is 0 Å². The van der Waals surface area contributed by atoms with Gasteiger partial charge < -0.3 is 0 Å². The molecule has 0 saturated carbocycles.